The van der Waals surface area contributed by atoms with Crippen molar-refractivity contribution in [2.45, 2.75) is 18.9 Å². The van der Waals surface area contributed by atoms with Crippen molar-refractivity contribution >= 4 is 35.6 Å². The van der Waals surface area contributed by atoms with Gasteiger partial charge in [-0.2, -0.15) is 0 Å². The maximum atomic E-state index is 12.5. The zero-order valence-corrected chi connectivity index (χ0v) is 15.7. The van der Waals surface area contributed by atoms with E-state index in [0.29, 0.717) is 31.9 Å². The predicted octanol–water partition coefficient (Wildman–Crippen LogP) is 0.851. The van der Waals surface area contributed by atoms with Crippen LogP contribution in [0.15, 0.2) is 24.3 Å². The molecule has 2 aliphatic rings. The van der Waals surface area contributed by atoms with E-state index < -0.39 is 4.92 Å². The number of nitrogens with one attached hydrogen (secondary N) is 2. The highest BCUT2D eigenvalue weighted by Crippen LogP contribution is 2.23. The van der Waals surface area contributed by atoms with E-state index in [1.54, 1.807) is 23.1 Å². The summed E-state index contributed by atoms with van der Waals surface area (Å²) >= 11 is 0. The Morgan fingerprint density at radius 1 is 1.33 bits per heavy atom. The molecule has 0 aromatic heterocycles. The topological polar surface area (TPSA) is 108 Å². The van der Waals surface area contributed by atoms with Crippen LogP contribution in [0.25, 0.3) is 0 Å². The van der Waals surface area contributed by atoms with Crippen LogP contribution in [0.4, 0.5) is 11.4 Å². The van der Waals surface area contributed by atoms with E-state index in [9.17, 15) is 19.7 Å². The Morgan fingerprint density at radius 3 is 2.85 bits per heavy atom. The molecule has 2 aliphatic heterocycles. The number of nitrogens with zero attached hydrogens (tertiary/aromatic N) is 3. The van der Waals surface area contributed by atoms with Crippen molar-refractivity contribution in [1.82, 2.24) is 15.1 Å². The minimum absolute atomic E-state index is 0. The second-order valence-corrected chi connectivity index (χ2v) is 6.53. The summed E-state index contributed by atoms with van der Waals surface area (Å²) in [4.78, 5) is 38.8. The number of likely N-dealkylation sites (tertiary alicyclic amines) is 1. The summed E-state index contributed by atoms with van der Waals surface area (Å²) in [5.41, 5.74) is 0.278. The second-order valence-electron chi connectivity index (χ2n) is 6.53. The highest BCUT2D eigenvalue weighted by atomic mass is 35.5. The van der Waals surface area contributed by atoms with E-state index >= 15 is 0 Å². The van der Waals surface area contributed by atoms with Gasteiger partial charge in [-0.1, -0.05) is 12.1 Å². The molecule has 2 amide bonds. The second kappa shape index (κ2) is 9.52. The van der Waals surface area contributed by atoms with Gasteiger partial charge in [0.1, 0.15) is 5.69 Å². The van der Waals surface area contributed by atoms with E-state index in [1.807, 2.05) is 4.90 Å². The van der Waals surface area contributed by atoms with Gasteiger partial charge in [0, 0.05) is 38.3 Å². The number of para-hydroxylation sites is 2. The predicted molar refractivity (Wildman–Crippen MR) is 103 cm³/mol. The van der Waals surface area contributed by atoms with Gasteiger partial charge in [0.05, 0.1) is 18.0 Å². The van der Waals surface area contributed by atoms with Crippen molar-refractivity contribution in [2.24, 2.45) is 0 Å². The quantitative estimate of drug-likeness (QED) is 0.563. The fourth-order valence-electron chi connectivity index (χ4n) is 3.51. The molecule has 0 saturated carbocycles. The number of piperazine rings is 1. The maximum Gasteiger partial charge on any atom is 0.292 e. The molecule has 10 heteroatoms. The van der Waals surface area contributed by atoms with Gasteiger partial charge >= 0.3 is 0 Å². The van der Waals surface area contributed by atoms with Crippen LogP contribution in [-0.4, -0.2) is 71.8 Å². The number of hydrogen-bond acceptors (Lipinski definition) is 6. The zero-order valence-electron chi connectivity index (χ0n) is 14.9. The first-order valence-corrected chi connectivity index (χ1v) is 8.81. The zero-order chi connectivity index (χ0) is 18.5. The third kappa shape index (κ3) is 5.08. The van der Waals surface area contributed by atoms with Crippen molar-refractivity contribution in [2.75, 3.05) is 44.6 Å². The number of rotatable bonds is 5. The molecule has 2 N–H and O–H groups in total. The summed E-state index contributed by atoms with van der Waals surface area (Å²) < 4.78 is 0. The molecular formula is C17H24ClN5O4. The molecule has 0 aliphatic carbocycles. The SMILES string of the molecule is Cl.O=C(CNc1ccccc1[N+](=O)[O-])N1CCCC(N2CCNCC2=O)C1. The number of nitro groups is 1. The van der Waals surface area contributed by atoms with Crippen LogP contribution >= 0.6 is 12.4 Å². The summed E-state index contributed by atoms with van der Waals surface area (Å²) in [5, 5.41) is 17.0. The van der Waals surface area contributed by atoms with Crippen LogP contribution in [0.1, 0.15) is 12.8 Å². The Kier molecular flexibility index (Phi) is 7.37. The molecule has 3 rings (SSSR count). The summed E-state index contributed by atoms with van der Waals surface area (Å²) in [5.74, 6) is -0.0379. The van der Waals surface area contributed by atoms with Crippen LogP contribution in [0, 0.1) is 10.1 Å². The number of piperidine rings is 1. The number of carbonyl (C=O) groups excluding carboxylic acids is 2. The lowest BCUT2D eigenvalue weighted by Crippen LogP contribution is -2.57. The lowest BCUT2D eigenvalue weighted by atomic mass is 10.0. The third-order valence-electron chi connectivity index (χ3n) is 4.85. The first-order valence-electron chi connectivity index (χ1n) is 8.81. The van der Waals surface area contributed by atoms with Crippen LogP contribution in [-0.2, 0) is 9.59 Å². The highest BCUT2D eigenvalue weighted by Gasteiger charge is 2.31. The molecule has 1 aromatic carbocycles. The molecule has 1 atom stereocenters. The largest absolute Gasteiger partial charge is 0.371 e. The minimum Gasteiger partial charge on any atom is -0.371 e. The molecule has 1 aromatic rings. The molecule has 0 radical (unpaired) electrons. The standard InChI is InChI=1S/C17H23N5O4.ClH/c23-16(11-19-14-5-1-2-6-15(14)22(25)26)20-8-3-4-13(12-20)21-9-7-18-10-17(21)24;/h1-2,5-6,13,18-19H,3-4,7-12H2;1H. The highest BCUT2D eigenvalue weighted by molar-refractivity contribution is 5.85. The van der Waals surface area contributed by atoms with Crippen molar-refractivity contribution in [3.63, 3.8) is 0 Å². The van der Waals surface area contributed by atoms with E-state index in [-0.39, 0.29) is 42.5 Å². The smallest absolute Gasteiger partial charge is 0.292 e. The number of halogens is 1. The average Bonchev–Trinajstić information content (AvgIpc) is 2.66. The van der Waals surface area contributed by atoms with Crippen molar-refractivity contribution in [3.05, 3.63) is 34.4 Å². The minimum atomic E-state index is -0.472. The first-order chi connectivity index (χ1) is 12.6. The lowest BCUT2D eigenvalue weighted by molar-refractivity contribution is -0.383. The third-order valence-corrected chi connectivity index (χ3v) is 4.85. The maximum absolute atomic E-state index is 12.5. The Bertz CT molecular complexity index is 702. The number of nitro benzene ring substituents is 1. The number of hydrogen-bond donors (Lipinski definition) is 2. The summed E-state index contributed by atoms with van der Waals surface area (Å²) in [7, 11) is 0. The molecule has 2 saturated heterocycles. The Balaban J connectivity index is 0.00000261. The van der Waals surface area contributed by atoms with Gasteiger partial charge in [-0.15, -0.1) is 12.4 Å². The average molecular weight is 398 g/mol. The van der Waals surface area contributed by atoms with Gasteiger partial charge in [-0.25, -0.2) is 0 Å². The van der Waals surface area contributed by atoms with Crippen LogP contribution in [0.2, 0.25) is 0 Å². The van der Waals surface area contributed by atoms with Crippen LogP contribution < -0.4 is 10.6 Å². The van der Waals surface area contributed by atoms with E-state index in [1.165, 1.54) is 6.07 Å². The molecule has 0 bridgehead atoms. The van der Waals surface area contributed by atoms with Gasteiger partial charge < -0.3 is 20.4 Å². The number of benzene rings is 1. The van der Waals surface area contributed by atoms with Crippen LogP contribution in [0.3, 0.4) is 0 Å². The van der Waals surface area contributed by atoms with Crippen molar-refractivity contribution < 1.29 is 14.5 Å². The Labute approximate surface area is 163 Å². The van der Waals surface area contributed by atoms with Crippen molar-refractivity contribution in [3.8, 4) is 0 Å². The molecule has 9 nitrogen and oxygen atoms in total. The fraction of sp³-hybridized carbons (Fsp3) is 0.529. The summed E-state index contributed by atoms with van der Waals surface area (Å²) in [6.07, 6.45) is 1.74. The molecule has 0 spiro atoms. The Morgan fingerprint density at radius 2 is 2.11 bits per heavy atom. The van der Waals surface area contributed by atoms with E-state index in [2.05, 4.69) is 10.6 Å². The number of anilines is 1. The number of carbonyl (C=O) groups is 2. The van der Waals surface area contributed by atoms with Gasteiger partial charge in [0.15, 0.2) is 0 Å². The normalized spacial score (nSPS) is 20.0. The lowest BCUT2D eigenvalue weighted by Gasteiger charge is -2.41. The molecule has 2 fully saturated rings. The molecule has 1 unspecified atom stereocenters. The first kappa shape index (κ1) is 20.9. The van der Waals surface area contributed by atoms with Gasteiger partial charge in [-0.05, 0) is 18.9 Å². The van der Waals surface area contributed by atoms with E-state index in [0.717, 1.165) is 19.4 Å². The van der Waals surface area contributed by atoms with Crippen molar-refractivity contribution in [1.29, 1.82) is 0 Å². The molecule has 27 heavy (non-hydrogen) atoms. The monoisotopic (exact) mass is 397 g/mol. The van der Waals surface area contributed by atoms with Crippen LogP contribution in [0.5, 0.6) is 0 Å². The van der Waals surface area contributed by atoms with E-state index in [4.69, 9.17) is 0 Å². The number of amides is 2. The molecule has 148 valence electrons. The van der Waals surface area contributed by atoms with Gasteiger partial charge in [-0.3, -0.25) is 19.7 Å². The molecular weight excluding hydrogens is 374 g/mol. The summed E-state index contributed by atoms with van der Waals surface area (Å²) in [6, 6.07) is 6.31. The van der Waals surface area contributed by atoms with Gasteiger partial charge in [0.25, 0.3) is 5.69 Å². The van der Waals surface area contributed by atoms with Gasteiger partial charge in [0.2, 0.25) is 11.8 Å². The fourth-order valence-corrected chi connectivity index (χ4v) is 3.51. The molecule has 2 heterocycles. The summed E-state index contributed by atoms with van der Waals surface area (Å²) in [6.45, 7) is 2.95. The Hall–Kier alpha value is -2.39.